The molecule has 0 atom stereocenters. The summed E-state index contributed by atoms with van der Waals surface area (Å²) in [7, 11) is 2.78. The molecule has 10 heteroatoms. The largest absolute Gasteiger partial charge is 0.332 e. The Hall–Kier alpha value is -2.94. The first kappa shape index (κ1) is 17.9. The molecule has 8 nitrogen and oxygen atoms in total. The highest BCUT2D eigenvalue weighted by Crippen LogP contribution is 2.17. The molecule has 3 aromatic rings. The van der Waals surface area contributed by atoms with Crippen molar-refractivity contribution >= 4 is 34.4 Å². The second-order valence-electron chi connectivity index (χ2n) is 5.86. The van der Waals surface area contributed by atoms with Crippen LogP contribution in [0, 0.1) is 12.7 Å². The van der Waals surface area contributed by atoms with Crippen LogP contribution >= 0.6 is 11.6 Å². The lowest BCUT2D eigenvalue weighted by Crippen LogP contribution is -2.37. The van der Waals surface area contributed by atoms with Gasteiger partial charge in [0.05, 0.1) is 0 Å². The van der Waals surface area contributed by atoms with Gasteiger partial charge in [0.2, 0.25) is 11.2 Å². The monoisotopic (exact) mass is 379 g/mol. The maximum atomic E-state index is 13.6. The molecule has 0 saturated heterocycles. The highest BCUT2D eigenvalue weighted by molar-refractivity contribution is 6.29. The van der Waals surface area contributed by atoms with Gasteiger partial charge >= 0.3 is 5.69 Å². The van der Waals surface area contributed by atoms with E-state index in [0.717, 1.165) is 4.57 Å². The van der Waals surface area contributed by atoms with Gasteiger partial charge in [0.25, 0.3) is 5.56 Å². The van der Waals surface area contributed by atoms with Gasteiger partial charge in [0.1, 0.15) is 12.4 Å². The SMILES string of the molecule is Cc1ccc(NC(=O)Cn2c(Cl)nc3c2c(=O)n(C)c(=O)n3C)cc1F. The zero-order chi connectivity index (χ0) is 19.2. The van der Waals surface area contributed by atoms with Gasteiger partial charge in [0.15, 0.2) is 11.2 Å². The van der Waals surface area contributed by atoms with Gasteiger partial charge in [-0.3, -0.25) is 23.3 Å². The van der Waals surface area contributed by atoms with Crippen molar-refractivity contribution in [1.29, 1.82) is 0 Å². The van der Waals surface area contributed by atoms with Gasteiger partial charge in [-0.2, -0.15) is 4.98 Å². The molecule has 0 bridgehead atoms. The Morgan fingerprint density at radius 2 is 1.96 bits per heavy atom. The number of nitrogens with one attached hydrogen (secondary N) is 1. The van der Waals surface area contributed by atoms with Crippen LogP contribution in [0.15, 0.2) is 27.8 Å². The minimum Gasteiger partial charge on any atom is -0.324 e. The Morgan fingerprint density at radius 3 is 2.62 bits per heavy atom. The van der Waals surface area contributed by atoms with Gasteiger partial charge in [-0.1, -0.05) is 6.07 Å². The van der Waals surface area contributed by atoms with E-state index in [1.807, 2.05) is 0 Å². The van der Waals surface area contributed by atoms with E-state index in [4.69, 9.17) is 11.6 Å². The molecule has 2 aromatic heterocycles. The number of carbonyl (C=O) groups is 1. The number of hydrogen-bond acceptors (Lipinski definition) is 4. The second-order valence-corrected chi connectivity index (χ2v) is 6.20. The zero-order valence-corrected chi connectivity index (χ0v) is 15.0. The lowest BCUT2D eigenvalue weighted by molar-refractivity contribution is -0.116. The molecule has 0 aliphatic carbocycles. The third kappa shape index (κ3) is 2.90. The van der Waals surface area contributed by atoms with E-state index >= 15 is 0 Å². The Morgan fingerprint density at radius 1 is 1.27 bits per heavy atom. The minimum absolute atomic E-state index is 0.0323. The average Bonchev–Trinajstić information content (AvgIpc) is 2.91. The molecule has 3 rings (SSSR count). The number of carbonyl (C=O) groups excluding carboxylic acids is 1. The molecule has 0 unspecified atom stereocenters. The summed E-state index contributed by atoms with van der Waals surface area (Å²) < 4.78 is 16.9. The first-order valence-electron chi connectivity index (χ1n) is 7.58. The van der Waals surface area contributed by atoms with Gasteiger partial charge < -0.3 is 5.32 Å². The number of nitrogens with zero attached hydrogens (tertiary/aromatic N) is 4. The molecular weight excluding hydrogens is 365 g/mol. The van der Waals surface area contributed by atoms with Crippen LogP contribution in [-0.2, 0) is 25.4 Å². The number of anilines is 1. The molecule has 136 valence electrons. The molecule has 1 amide bonds. The van der Waals surface area contributed by atoms with Crippen LogP contribution in [-0.4, -0.2) is 24.6 Å². The van der Waals surface area contributed by atoms with Crippen molar-refractivity contribution in [3.05, 3.63) is 55.7 Å². The van der Waals surface area contributed by atoms with Crippen molar-refractivity contribution < 1.29 is 9.18 Å². The van der Waals surface area contributed by atoms with Crippen LogP contribution in [0.4, 0.5) is 10.1 Å². The second kappa shape index (κ2) is 6.41. The van der Waals surface area contributed by atoms with E-state index in [9.17, 15) is 18.8 Å². The molecule has 0 spiro atoms. The standard InChI is InChI=1S/C16H15ClFN5O3/c1-8-4-5-9(6-10(8)18)19-11(24)7-23-12-13(20-15(23)17)21(2)16(26)22(3)14(12)25/h4-6H,7H2,1-3H3,(H,19,24). The normalized spacial score (nSPS) is 11.1. The topological polar surface area (TPSA) is 90.9 Å². The number of fused-ring (bicyclic) bond motifs is 1. The first-order chi connectivity index (χ1) is 12.2. The molecule has 0 aliphatic rings. The summed E-state index contributed by atoms with van der Waals surface area (Å²) in [5.74, 6) is -0.969. The van der Waals surface area contributed by atoms with Crippen molar-refractivity contribution in [2.45, 2.75) is 13.5 Å². The minimum atomic E-state index is -0.614. The van der Waals surface area contributed by atoms with E-state index in [-0.39, 0.29) is 28.7 Å². The first-order valence-corrected chi connectivity index (χ1v) is 7.96. The van der Waals surface area contributed by atoms with E-state index < -0.39 is 23.0 Å². The van der Waals surface area contributed by atoms with Crippen molar-refractivity contribution in [3.63, 3.8) is 0 Å². The molecule has 1 aromatic carbocycles. The quantitative estimate of drug-likeness (QED) is 0.692. The number of rotatable bonds is 3. The Kier molecular flexibility index (Phi) is 4.41. The van der Waals surface area contributed by atoms with Gasteiger partial charge in [-0.15, -0.1) is 0 Å². The Balaban J connectivity index is 1.99. The predicted octanol–water partition coefficient (Wildman–Crippen LogP) is 1.17. The van der Waals surface area contributed by atoms with E-state index in [1.165, 1.54) is 35.4 Å². The molecule has 0 saturated carbocycles. The van der Waals surface area contributed by atoms with E-state index in [1.54, 1.807) is 13.0 Å². The summed E-state index contributed by atoms with van der Waals surface area (Å²) in [5, 5.41) is 2.43. The summed E-state index contributed by atoms with van der Waals surface area (Å²) >= 11 is 6.06. The molecular formula is C16H15ClFN5O3. The molecule has 0 aliphatic heterocycles. The van der Waals surface area contributed by atoms with Crippen molar-refractivity contribution in [3.8, 4) is 0 Å². The van der Waals surface area contributed by atoms with Crippen LogP contribution in [0.3, 0.4) is 0 Å². The number of imidazole rings is 1. The predicted molar refractivity (Wildman–Crippen MR) is 95.0 cm³/mol. The van der Waals surface area contributed by atoms with Crippen molar-refractivity contribution in [2.75, 3.05) is 5.32 Å². The third-order valence-corrected chi connectivity index (χ3v) is 4.35. The van der Waals surface area contributed by atoms with Crippen LogP contribution in [0.25, 0.3) is 11.2 Å². The van der Waals surface area contributed by atoms with Crippen LogP contribution in [0.2, 0.25) is 5.28 Å². The molecule has 26 heavy (non-hydrogen) atoms. The lowest BCUT2D eigenvalue weighted by atomic mass is 10.2. The van der Waals surface area contributed by atoms with Crippen LogP contribution < -0.4 is 16.6 Å². The highest BCUT2D eigenvalue weighted by atomic mass is 35.5. The maximum Gasteiger partial charge on any atom is 0.332 e. The van der Waals surface area contributed by atoms with Crippen molar-refractivity contribution in [1.82, 2.24) is 18.7 Å². The van der Waals surface area contributed by atoms with Crippen LogP contribution in [0.1, 0.15) is 5.56 Å². The highest BCUT2D eigenvalue weighted by Gasteiger charge is 2.19. The summed E-state index contributed by atoms with van der Waals surface area (Å²) in [4.78, 5) is 40.7. The average molecular weight is 380 g/mol. The van der Waals surface area contributed by atoms with Gasteiger partial charge in [-0.05, 0) is 36.2 Å². The number of aryl methyl sites for hydroxylation is 2. The van der Waals surface area contributed by atoms with E-state index in [0.29, 0.717) is 5.56 Å². The summed E-state index contributed by atoms with van der Waals surface area (Å²) in [6, 6.07) is 4.30. The fourth-order valence-corrected chi connectivity index (χ4v) is 2.80. The number of halogens is 2. The molecule has 1 N–H and O–H groups in total. The molecule has 2 heterocycles. The number of hydrogen-bond donors (Lipinski definition) is 1. The number of benzene rings is 1. The number of aromatic nitrogens is 4. The zero-order valence-electron chi connectivity index (χ0n) is 14.2. The van der Waals surface area contributed by atoms with E-state index in [2.05, 4.69) is 10.3 Å². The maximum absolute atomic E-state index is 13.6. The lowest BCUT2D eigenvalue weighted by Gasteiger charge is -2.09. The Bertz CT molecular complexity index is 1160. The molecule has 0 fully saturated rings. The Labute approximate surface area is 151 Å². The fraction of sp³-hybridized carbons (Fsp3) is 0.250. The fourth-order valence-electron chi connectivity index (χ4n) is 2.58. The van der Waals surface area contributed by atoms with Crippen molar-refractivity contribution in [2.24, 2.45) is 14.1 Å². The summed E-state index contributed by atoms with van der Waals surface area (Å²) in [6.45, 7) is 1.29. The van der Waals surface area contributed by atoms with Gasteiger partial charge in [0, 0.05) is 19.8 Å². The number of amides is 1. The van der Waals surface area contributed by atoms with Gasteiger partial charge in [-0.25, -0.2) is 9.18 Å². The third-order valence-electron chi connectivity index (χ3n) is 4.06. The van der Waals surface area contributed by atoms with Crippen LogP contribution in [0.5, 0.6) is 0 Å². The molecule has 0 radical (unpaired) electrons. The smallest absolute Gasteiger partial charge is 0.324 e. The summed E-state index contributed by atoms with van der Waals surface area (Å²) in [6.07, 6.45) is 0. The summed E-state index contributed by atoms with van der Waals surface area (Å²) in [5.41, 5.74) is -0.322.